The molecule has 3 heterocycles. The third kappa shape index (κ3) is 3.99. The maximum Gasteiger partial charge on any atom is 0.410 e. The van der Waals surface area contributed by atoms with Crippen LogP contribution < -0.4 is 19.8 Å². The zero-order chi connectivity index (χ0) is 23.4. The second-order valence-corrected chi connectivity index (χ2v) is 9.82. The van der Waals surface area contributed by atoms with Gasteiger partial charge in [-0.2, -0.15) is 5.10 Å². The highest BCUT2D eigenvalue weighted by atomic mass is 16.6. The molecule has 3 aliphatic heterocycles. The molecule has 172 valence electrons. The van der Waals surface area contributed by atoms with Crippen molar-refractivity contribution in [2.24, 2.45) is 5.10 Å². The summed E-state index contributed by atoms with van der Waals surface area (Å²) in [5.41, 5.74) is 3.75. The van der Waals surface area contributed by atoms with Gasteiger partial charge in [-0.05, 0) is 53.2 Å². The number of nitrogens with one attached hydrogen (secondary N) is 1. The van der Waals surface area contributed by atoms with Gasteiger partial charge >= 0.3 is 6.09 Å². The van der Waals surface area contributed by atoms with Crippen molar-refractivity contribution >= 4 is 29.1 Å². The molecule has 0 aliphatic carbocycles. The van der Waals surface area contributed by atoms with Crippen LogP contribution in [0.15, 0.2) is 23.8 Å². The molecule has 1 N–H and O–H groups in total. The van der Waals surface area contributed by atoms with Gasteiger partial charge in [-0.1, -0.05) is 6.58 Å². The lowest BCUT2D eigenvalue weighted by Crippen LogP contribution is -2.65. The van der Waals surface area contributed by atoms with Gasteiger partial charge in [0.2, 0.25) is 0 Å². The second kappa shape index (κ2) is 7.43. The number of allylic oxidation sites excluding steroid dienone is 1. The van der Waals surface area contributed by atoms with Crippen LogP contribution in [0.5, 0.6) is 11.5 Å². The normalized spacial score (nSPS) is 21.2. The van der Waals surface area contributed by atoms with E-state index in [0.29, 0.717) is 36.1 Å². The highest BCUT2D eigenvalue weighted by molar-refractivity contribution is 6.09. The Hall–Kier alpha value is -3.23. The summed E-state index contributed by atoms with van der Waals surface area (Å²) in [5.74, 6) is 1.70. The first kappa shape index (κ1) is 22.0. The minimum absolute atomic E-state index is 0.188. The quantitative estimate of drug-likeness (QED) is 0.773. The van der Waals surface area contributed by atoms with Crippen molar-refractivity contribution in [1.29, 1.82) is 0 Å². The standard InChI is InChI=1S/C23H30N4O5/c1-13(2)15-8-18-16(27-14(3)20(28)25-24-19(27)10-30-18)9-17(15)31-23(7)11-26(12-23)21(29)32-22(4,5)6/h8-9,14H,1,10-12H2,2-7H3,(H,25,28). The molecule has 0 aromatic heterocycles. The lowest BCUT2D eigenvalue weighted by Gasteiger charge is -2.47. The van der Waals surface area contributed by atoms with Crippen molar-refractivity contribution in [3.05, 3.63) is 24.3 Å². The van der Waals surface area contributed by atoms with Crippen LogP contribution in [0.1, 0.15) is 47.1 Å². The van der Waals surface area contributed by atoms with Gasteiger partial charge in [0.1, 0.15) is 35.3 Å². The number of hydrazone groups is 1. The number of ether oxygens (including phenoxy) is 3. The fourth-order valence-electron chi connectivity index (χ4n) is 4.02. The monoisotopic (exact) mass is 442 g/mol. The molecule has 4 rings (SSSR count). The summed E-state index contributed by atoms with van der Waals surface area (Å²) < 4.78 is 17.8. The summed E-state index contributed by atoms with van der Waals surface area (Å²) in [5, 5.41) is 4.13. The van der Waals surface area contributed by atoms with E-state index >= 15 is 0 Å². The van der Waals surface area contributed by atoms with E-state index in [2.05, 4.69) is 17.1 Å². The molecule has 9 heteroatoms. The van der Waals surface area contributed by atoms with Crippen LogP contribution in [0.4, 0.5) is 10.5 Å². The number of amides is 2. The highest BCUT2D eigenvalue weighted by Gasteiger charge is 2.46. The molecule has 0 spiro atoms. The van der Waals surface area contributed by atoms with Gasteiger partial charge in [0, 0.05) is 11.6 Å². The molecule has 2 amide bonds. The van der Waals surface area contributed by atoms with E-state index in [1.54, 1.807) is 4.90 Å². The fraction of sp³-hybridized carbons (Fsp3) is 0.522. The highest BCUT2D eigenvalue weighted by Crippen LogP contribution is 2.43. The van der Waals surface area contributed by atoms with Crippen LogP contribution in [-0.2, 0) is 9.53 Å². The summed E-state index contributed by atoms with van der Waals surface area (Å²) in [4.78, 5) is 28.0. The van der Waals surface area contributed by atoms with Gasteiger partial charge in [-0.25, -0.2) is 10.2 Å². The Morgan fingerprint density at radius 2 is 2.03 bits per heavy atom. The number of amidine groups is 1. The van der Waals surface area contributed by atoms with Crippen molar-refractivity contribution in [3.8, 4) is 11.5 Å². The maximum absolute atomic E-state index is 12.3. The second-order valence-electron chi connectivity index (χ2n) is 9.82. The molecule has 1 saturated heterocycles. The Balaban J connectivity index is 1.60. The predicted octanol–water partition coefficient (Wildman–Crippen LogP) is 3.14. The van der Waals surface area contributed by atoms with Gasteiger partial charge in [-0.3, -0.25) is 4.79 Å². The van der Waals surface area contributed by atoms with E-state index in [1.165, 1.54) is 0 Å². The van der Waals surface area contributed by atoms with Crippen LogP contribution in [0.3, 0.4) is 0 Å². The van der Waals surface area contributed by atoms with Crippen molar-refractivity contribution < 1.29 is 23.8 Å². The zero-order valence-electron chi connectivity index (χ0n) is 19.4. The van der Waals surface area contributed by atoms with E-state index in [-0.39, 0.29) is 18.6 Å². The minimum atomic E-state index is -0.577. The van der Waals surface area contributed by atoms with Gasteiger partial charge in [0.05, 0.1) is 18.8 Å². The predicted molar refractivity (Wildman–Crippen MR) is 121 cm³/mol. The number of likely N-dealkylation sites (tertiary alicyclic amines) is 1. The van der Waals surface area contributed by atoms with E-state index in [1.807, 2.05) is 58.6 Å². The molecule has 0 saturated carbocycles. The van der Waals surface area contributed by atoms with Gasteiger partial charge < -0.3 is 24.0 Å². The molecular formula is C23H30N4O5. The van der Waals surface area contributed by atoms with E-state index in [4.69, 9.17) is 14.2 Å². The summed E-state index contributed by atoms with van der Waals surface area (Å²) in [6.07, 6.45) is -0.355. The van der Waals surface area contributed by atoms with Crippen molar-refractivity contribution in [3.63, 3.8) is 0 Å². The Labute approximate surface area is 188 Å². The number of rotatable bonds is 3. The van der Waals surface area contributed by atoms with E-state index in [9.17, 15) is 9.59 Å². The Bertz CT molecular complexity index is 1020. The van der Waals surface area contributed by atoms with Crippen molar-refractivity contribution in [1.82, 2.24) is 10.3 Å². The van der Waals surface area contributed by atoms with Crippen LogP contribution in [0.25, 0.3) is 5.57 Å². The topological polar surface area (TPSA) is 92.7 Å². The number of fused-ring (bicyclic) bond motifs is 3. The lowest BCUT2D eigenvalue weighted by molar-refractivity contribution is -0.122. The molecule has 1 aromatic carbocycles. The third-order valence-electron chi connectivity index (χ3n) is 5.54. The molecule has 1 unspecified atom stereocenters. The maximum atomic E-state index is 12.3. The van der Waals surface area contributed by atoms with E-state index < -0.39 is 17.2 Å². The smallest absolute Gasteiger partial charge is 0.410 e. The van der Waals surface area contributed by atoms with Gasteiger partial charge in [0.25, 0.3) is 5.91 Å². The van der Waals surface area contributed by atoms with Gasteiger partial charge in [-0.15, -0.1) is 0 Å². The summed E-state index contributed by atoms with van der Waals surface area (Å²) >= 11 is 0. The average molecular weight is 443 g/mol. The Morgan fingerprint density at radius 3 is 2.66 bits per heavy atom. The number of hydrogen-bond acceptors (Lipinski definition) is 7. The van der Waals surface area contributed by atoms with E-state index in [0.717, 1.165) is 11.1 Å². The third-order valence-corrected chi connectivity index (χ3v) is 5.54. The summed E-state index contributed by atoms with van der Waals surface area (Å²) in [6, 6.07) is 3.32. The molecule has 9 nitrogen and oxygen atoms in total. The molecule has 1 fully saturated rings. The number of carbonyl (C=O) groups excluding carboxylic acids is 2. The molecular weight excluding hydrogens is 412 g/mol. The molecule has 0 radical (unpaired) electrons. The van der Waals surface area contributed by atoms with Crippen LogP contribution in [-0.4, -0.2) is 59.7 Å². The molecule has 32 heavy (non-hydrogen) atoms. The van der Waals surface area contributed by atoms with Crippen molar-refractivity contribution in [2.75, 3.05) is 24.6 Å². The Morgan fingerprint density at radius 1 is 1.34 bits per heavy atom. The zero-order valence-corrected chi connectivity index (χ0v) is 19.4. The first-order valence-electron chi connectivity index (χ1n) is 10.7. The van der Waals surface area contributed by atoms with Crippen LogP contribution >= 0.6 is 0 Å². The Kier molecular flexibility index (Phi) is 5.10. The molecule has 1 aromatic rings. The van der Waals surface area contributed by atoms with Gasteiger partial charge in [0.15, 0.2) is 5.84 Å². The lowest BCUT2D eigenvalue weighted by atomic mass is 9.96. The summed E-state index contributed by atoms with van der Waals surface area (Å²) in [6.45, 7) is 16.3. The largest absolute Gasteiger partial charge is 0.483 e. The number of nitrogens with zero attached hydrogens (tertiary/aromatic N) is 3. The molecule has 3 aliphatic rings. The summed E-state index contributed by atoms with van der Waals surface area (Å²) in [7, 11) is 0. The minimum Gasteiger partial charge on any atom is -0.483 e. The van der Waals surface area contributed by atoms with Crippen molar-refractivity contribution in [2.45, 2.75) is 58.8 Å². The van der Waals surface area contributed by atoms with Crippen LogP contribution in [0.2, 0.25) is 0 Å². The SMILES string of the molecule is C=C(C)c1cc2c(cc1OC1(C)CN(C(=O)OC(C)(C)C)C1)N1C(=NNC(=O)C1C)CO2. The first-order chi connectivity index (χ1) is 14.9. The molecule has 1 atom stereocenters. The molecule has 0 bridgehead atoms. The number of hydrogen-bond donors (Lipinski definition) is 1. The van der Waals surface area contributed by atoms with Crippen LogP contribution in [0, 0.1) is 0 Å². The average Bonchev–Trinajstić information content (AvgIpc) is 2.66. The first-order valence-corrected chi connectivity index (χ1v) is 10.7. The number of carbonyl (C=O) groups is 2. The number of benzene rings is 1. The number of anilines is 1. The fourth-order valence-corrected chi connectivity index (χ4v) is 4.02.